The molecule has 1 nitrogen and oxygen atoms in total. The van der Waals surface area contributed by atoms with Gasteiger partial charge in [-0.25, -0.2) is 0 Å². The first kappa shape index (κ1) is 18.7. The molecule has 1 heteroatoms. The largest absolute Gasteiger partial charge is 0.390 e. The molecule has 1 N–H and O–H groups in total. The highest BCUT2D eigenvalue weighted by molar-refractivity contribution is 4.93. The second-order valence-corrected chi connectivity index (χ2v) is 6.60. The first-order chi connectivity index (χ1) is 8.93. The average molecular weight is 268 g/mol. The lowest BCUT2D eigenvalue weighted by atomic mass is 9.82. The van der Waals surface area contributed by atoms with Crippen LogP contribution in [0.1, 0.15) is 92.4 Å². The summed E-state index contributed by atoms with van der Waals surface area (Å²) in [4.78, 5) is 0. The second kappa shape index (κ2) is 10.5. The van der Waals surface area contributed by atoms with Crippen molar-refractivity contribution in [2.24, 2.45) is 5.92 Å². The molecule has 19 heavy (non-hydrogen) atoms. The molecule has 0 rings (SSSR count). The zero-order chi connectivity index (χ0) is 14.7. The summed E-state index contributed by atoms with van der Waals surface area (Å²) in [6.07, 6.45) is 12.3. The van der Waals surface area contributed by atoms with Crippen LogP contribution in [0, 0.1) is 5.92 Å². The van der Waals surface area contributed by atoms with Crippen LogP contribution in [0.3, 0.4) is 0 Å². The summed E-state index contributed by atoms with van der Waals surface area (Å²) < 4.78 is 0. The highest BCUT2D eigenvalue weighted by atomic mass is 16.3. The fraction of sp³-hybridized carbons (Fsp3) is 0.889. The number of aliphatic hydroxyl groups is 1. The molecular weight excluding hydrogens is 232 g/mol. The van der Waals surface area contributed by atoms with Gasteiger partial charge in [0, 0.05) is 0 Å². The summed E-state index contributed by atoms with van der Waals surface area (Å²) in [5.74, 6) is 0.620. The zero-order valence-electron chi connectivity index (χ0n) is 14.0. The minimum Gasteiger partial charge on any atom is -0.390 e. The fourth-order valence-corrected chi connectivity index (χ4v) is 2.75. The summed E-state index contributed by atoms with van der Waals surface area (Å²) in [6.45, 7) is 11.0. The Bertz CT molecular complexity index is 230. The van der Waals surface area contributed by atoms with Gasteiger partial charge in [0.15, 0.2) is 0 Å². The van der Waals surface area contributed by atoms with Crippen molar-refractivity contribution < 1.29 is 5.11 Å². The topological polar surface area (TPSA) is 20.2 Å². The molecule has 0 fully saturated rings. The molecule has 0 aromatic heterocycles. The third kappa shape index (κ3) is 10.2. The Morgan fingerprint density at radius 1 is 1.11 bits per heavy atom. The standard InChI is InChI=1S/C18H36O/c1-6-8-13-18(19,14-9-7-2)15-17(5)12-10-11-16(3)4/h11,17,19H,6-10,12-15H2,1-5H3/t17-/m1/s1. The van der Waals surface area contributed by atoms with Crippen molar-refractivity contribution in [3.8, 4) is 0 Å². The van der Waals surface area contributed by atoms with Gasteiger partial charge >= 0.3 is 0 Å². The third-order valence-corrected chi connectivity index (χ3v) is 3.93. The van der Waals surface area contributed by atoms with Crippen LogP contribution in [-0.2, 0) is 0 Å². The van der Waals surface area contributed by atoms with E-state index in [0.29, 0.717) is 5.92 Å². The number of unbranched alkanes of at least 4 members (excludes halogenated alkanes) is 2. The van der Waals surface area contributed by atoms with Crippen molar-refractivity contribution in [1.29, 1.82) is 0 Å². The molecule has 0 aromatic carbocycles. The van der Waals surface area contributed by atoms with Gasteiger partial charge < -0.3 is 5.11 Å². The molecule has 0 amide bonds. The summed E-state index contributed by atoms with van der Waals surface area (Å²) in [6, 6.07) is 0. The SMILES string of the molecule is CCCCC(O)(CCCC)C[C@H](C)CCC=C(C)C. The monoisotopic (exact) mass is 268 g/mol. The molecule has 0 saturated carbocycles. The minimum atomic E-state index is -0.406. The van der Waals surface area contributed by atoms with Gasteiger partial charge in [-0.3, -0.25) is 0 Å². The predicted octanol–water partition coefficient (Wildman–Crippen LogP) is 5.87. The maximum absolute atomic E-state index is 10.8. The molecule has 0 radical (unpaired) electrons. The lowest BCUT2D eigenvalue weighted by Crippen LogP contribution is -2.31. The van der Waals surface area contributed by atoms with Crippen molar-refractivity contribution in [1.82, 2.24) is 0 Å². The van der Waals surface area contributed by atoms with Gasteiger partial charge in [0.25, 0.3) is 0 Å². The Hall–Kier alpha value is -0.300. The molecule has 0 bridgehead atoms. The molecule has 0 aliphatic carbocycles. The first-order valence-electron chi connectivity index (χ1n) is 8.29. The van der Waals surface area contributed by atoms with E-state index in [4.69, 9.17) is 0 Å². The van der Waals surface area contributed by atoms with Gasteiger partial charge in [0.05, 0.1) is 5.60 Å². The fourth-order valence-electron chi connectivity index (χ4n) is 2.75. The maximum Gasteiger partial charge on any atom is 0.0650 e. The van der Waals surface area contributed by atoms with Crippen LogP contribution in [0.15, 0.2) is 11.6 Å². The van der Waals surface area contributed by atoms with E-state index in [-0.39, 0.29) is 0 Å². The van der Waals surface area contributed by atoms with Crippen LogP contribution in [-0.4, -0.2) is 10.7 Å². The molecule has 0 aromatic rings. The molecule has 0 aliphatic rings. The molecule has 0 unspecified atom stereocenters. The molecule has 1 atom stereocenters. The van der Waals surface area contributed by atoms with Gasteiger partial charge in [0.1, 0.15) is 0 Å². The van der Waals surface area contributed by atoms with Gasteiger partial charge in [-0.2, -0.15) is 0 Å². The average Bonchev–Trinajstić information content (AvgIpc) is 2.33. The minimum absolute atomic E-state index is 0.406. The number of hydrogen-bond acceptors (Lipinski definition) is 1. The quantitative estimate of drug-likeness (QED) is 0.465. The van der Waals surface area contributed by atoms with E-state index < -0.39 is 5.60 Å². The lowest BCUT2D eigenvalue weighted by molar-refractivity contribution is -0.00336. The normalized spacial score (nSPS) is 13.4. The zero-order valence-corrected chi connectivity index (χ0v) is 14.0. The molecule has 0 saturated heterocycles. The third-order valence-electron chi connectivity index (χ3n) is 3.93. The Kier molecular flexibility index (Phi) is 10.3. The Morgan fingerprint density at radius 3 is 2.05 bits per heavy atom. The number of hydrogen-bond donors (Lipinski definition) is 1. The molecule has 0 heterocycles. The van der Waals surface area contributed by atoms with Crippen molar-refractivity contribution in [2.45, 2.75) is 98.0 Å². The van der Waals surface area contributed by atoms with E-state index in [1.165, 1.54) is 24.8 Å². The van der Waals surface area contributed by atoms with Gasteiger partial charge in [0.2, 0.25) is 0 Å². The lowest BCUT2D eigenvalue weighted by Gasteiger charge is -2.31. The number of rotatable bonds is 11. The second-order valence-electron chi connectivity index (χ2n) is 6.60. The summed E-state index contributed by atoms with van der Waals surface area (Å²) in [5, 5.41) is 10.8. The van der Waals surface area contributed by atoms with Crippen molar-refractivity contribution in [3.63, 3.8) is 0 Å². The van der Waals surface area contributed by atoms with E-state index in [9.17, 15) is 5.11 Å². The van der Waals surface area contributed by atoms with Crippen LogP contribution < -0.4 is 0 Å². The maximum atomic E-state index is 10.8. The van der Waals surface area contributed by atoms with Gasteiger partial charge in [-0.15, -0.1) is 0 Å². The van der Waals surface area contributed by atoms with E-state index >= 15 is 0 Å². The van der Waals surface area contributed by atoms with Crippen molar-refractivity contribution in [2.75, 3.05) is 0 Å². The van der Waals surface area contributed by atoms with Crippen molar-refractivity contribution in [3.05, 3.63) is 11.6 Å². The van der Waals surface area contributed by atoms with Crippen LogP contribution in [0.2, 0.25) is 0 Å². The van der Waals surface area contributed by atoms with Crippen LogP contribution in [0.4, 0.5) is 0 Å². The molecule has 114 valence electrons. The smallest absolute Gasteiger partial charge is 0.0650 e. The van der Waals surface area contributed by atoms with E-state index in [1.807, 2.05) is 0 Å². The van der Waals surface area contributed by atoms with Crippen molar-refractivity contribution >= 4 is 0 Å². The van der Waals surface area contributed by atoms with Crippen LogP contribution >= 0.6 is 0 Å². The summed E-state index contributed by atoms with van der Waals surface area (Å²) >= 11 is 0. The van der Waals surface area contributed by atoms with Crippen LogP contribution in [0.5, 0.6) is 0 Å². The van der Waals surface area contributed by atoms with Gasteiger partial charge in [-0.05, 0) is 51.9 Å². The molecule has 0 aliphatic heterocycles. The molecular formula is C18H36O. The highest BCUT2D eigenvalue weighted by Crippen LogP contribution is 2.30. The van der Waals surface area contributed by atoms with E-state index in [0.717, 1.165) is 38.5 Å². The van der Waals surface area contributed by atoms with E-state index in [1.54, 1.807) is 0 Å². The Morgan fingerprint density at radius 2 is 1.63 bits per heavy atom. The Balaban J connectivity index is 4.24. The highest BCUT2D eigenvalue weighted by Gasteiger charge is 2.27. The Labute approximate surface area is 121 Å². The summed E-state index contributed by atoms with van der Waals surface area (Å²) in [7, 11) is 0. The van der Waals surface area contributed by atoms with Crippen LogP contribution in [0.25, 0.3) is 0 Å². The molecule has 0 spiro atoms. The summed E-state index contributed by atoms with van der Waals surface area (Å²) in [5.41, 5.74) is 0.996. The number of allylic oxidation sites excluding steroid dienone is 2. The first-order valence-corrected chi connectivity index (χ1v) is 8.29. The van der Waals surface area contributed by atoms with Gasteiger partial charge in [-0.1, -0.05) is 58.1 Å². The van der Waals surface area contributed by atoms with E-state index in [2.05, 4.69) is 40.7 Å². The predicted molar refractivity (Wildman–Crippen MR) is 86.4 cm³/mol.